The van der Waals surface area contributed by atoms with E-state index in [1.807, 2.05) is 0 Å². The van der Waals surface area contributed by atoms with E-state index in [0.717, 1.165) is 20.6 Å². The minimum Gasteiger partial charge on any atom is -0.320 e. The zero-order valence-electron chi connectivity index (χ0n) is 11.2. The lowest BCUT2D eigenvalue weighted by atomic mass is 9.79. The van der Waals surface area contributed by atoms with Gasteiger partial charge in [0.2, 0.25) is 0 Å². The summed E-state index contributed by atoms with van der Waals surface area (Å²) in [4.78, 5) is 0. The van der Waals surface area contributed by atoms with Crippen LogP contribution in [0.3, 0.4) is 0 Å². The van der Waals surface area contributed by atoms with Crippen molar-refractivity contribution in [2.75, 3.05) is 0 Å². The Labute approximate surface area is 132 Å². The van der Waals surface area contributed by atoms with E-state index in [4.69, 9.17) is 5.73 Å². The van der Waals surface area contributed by atoms with E-state index in [1.54, 1.807) is 6.07 Å². The highest BCUT2D eigenvalue weighted by Gasteiger charge is 2.20. The molecule has 20 heavy (non-hydrogen) atoms. The fourth-order valence-corrected chi connectivity index (χ4v) is 3.46. The highest BCUT2D eigenvalue weighted by Crippen LogP contribution is 2.36. The van der Waals surface area contributed by atoms with Gasteiger partial charge in [-0.05, 0) is 70.2 Å². The Hall–Kier alpha value is -0.940. The summed E-state index contributed by atoms with van der Waals surface area (Å²) in [6, 6.07) is 13.2. The van der Waals surface area contributed by atoms with Crippen LogP contribution in [0.5, 0.6) is 0 Å². The summed E-state index contributed by atoms with van der Waals surface area (Å²) < 4.78 is 14.0. The molecule has 1 aliphatic rings. The molecule has 2 aromatic rings. The maximum Gasteiger partial charge on any atom is 0.124 e. The van der Waals surface area contributed by atoms with E-state index < -0.39 is 0 Å². The predicted molar refractivity (Wildman–Crippen MR) is 88.2 cm³/mol. The van der Waals surface area contributed by atoms with E-state index in [1.165, 1.54) is 37.0 Å². The summed E-state index contributed by atoms with van der Waals surface area (Å²) in [7, 11) is 0. The summed E-state index contributed by atoms with van der Waals surface area (Å²) in [5.41, 5.74) is 9.79. The van der Waals surface area contributed by atoms with Crippen molar-refractivity contribution in [2.24, 2.45) is 5.73 Å². The van der Waals surface area contributed by atoms with E-state index in [2.05, 4.69) is 46.9 Å². The van der Waals surface area contributed by atoms with Gasteiger partial charge in [0.1, 0.15) is 5.82 Å². The summed E-state index contributed by atoms with van der Waals surface area (Å²) in [6.07, 6.45) is 3.96. The van der Waals surface area contributed by atoms with Gasteiger partial charge in [-0.15, -0.1) is 0 Å². The Morgan fingerprint density at radius 3 is 2.35 bits per heavy atom. The molecule has 0 aromatic heterocycles. The molecule has 1 unspecified atom stereocenters. The van der Waals surface area contributed by atoms with Crippen LogP contribution in [0.2, 0.25) is 0 Å². The molecule has 0 bridgehead atoms. The minimum atomic E-state index is -0.217. The van der Waals surface area contributed by atoms with Crippen LogP contribution in [0, 0.1) is 9.39 Å². The molecule has 1 atom stereocenters. The third kappa shape index (κ3) is 2.74. The van der Waals surface area contributed by atoms with Gasteiger partial charge >= 0.3 is 0 Å². The summed E-state index contributed by atoms with van der Waals surface area (Å²) in [5.74, 6) is 0.525. The first-order chi connectivity index (χ1) is 9.65. The van der Waals surface area contributed by atoms with Crippen LogP contribution < -0.4 is 5.73 Å². The molecule has 0 radical (unpaired) electrons. The molecule has 1 aliphatic carbocycles. The Morgan fingerprint density at radius 1 is 1.10 bits per heavy atom. The topological polar surface area (TPSA) is 26.0 Å². The average molecular weight is 381 g/mol. The van der Waals surface area contributed by atoms with Crippen LogP contribution in [0.15, 0.2) is 42.5 Å². The number of hydrogen-bond donors (Lipinski definition) is 1. The van der Waals surface area contributed by atoms with E-state index in [9.17, 15) is 4.39 Å². The lowest BCUT2D eigenvalue weighted by Crippen LogP contribution is -2.14. The smallest absolute Gasteiger partial charge is 0.124 e. The summed E-state index contributed by atoms with van der Waals surface area (Å²) >= 11 is 2.14. The Kier molecular flexibility index (Phi) is 4.08. The van der Waals surface area contributed by atoms with Crippen LogP contribution >= 0.6 is 22.6 Å². The molecule has 2 aromatic carbocycles. The first-order valence-electron chi connectivity index (χ1n) is 6.95. The van der Waals surface area contributed by atoms with E-state index in [-0.39, 0.29) is 11.9 Å². The molecule has 1 saturated carbocycles. The average Bonchev–Trinajstić information content (AvgIpc) is 2.37. The molecule has 104 valence electrons. The van der Waals surface area contributed by atoms with Crippen molar-refractivity contribution in [2.45, 2.75) is 31.2 Å². The number of halogens is 2. The van der Waals surface area contributed by atoms with Crippen molar-refractivity contribution < 1.29 is 4.39 Å². The van der Waals surface area contributed by atoms with Crippen LogP contribution in [-0.2, 0) is 0 Å². The number of nitrogens with two attached hydrogens (primary N) is 1. The first kappa shape index (κ1) is 14.0. The van der Waals surface area contributed by atoms with Crippen molar-refractivity contribution in [3.8, 4) is 0 Å². The van der Waals surface area contributed by atoms with Crippen LogP contribution in [0.1, 0.15) is 47.9 Å². The molecule has 0 saturated heterocycles. The van der Waals surface area contributed by atoms with Gasteiger partial charge in [-0.25, -0.2) is 4.39 Å². The Morgan fingerprint density at radius 2 is 1.80 bits per heavy atom. The lowest BCUT2D eigenvalue weighted by molar-refractivity contribution is 0.419. The monoisotopic (exact) mass is 381 g/mol. The second kappa shape index (κ2) is 5.82. The molecule has 3 rings (SSSR count). The second-order valence-electron chi connectivity index (χ2n) is 5.44. The van der Waals surface area contributed by atoms with Crippen molar-refractivity contribution >= 4 is 22.6 Å². The molecule has 3 heteroatoms. The summed E-state index contributed by atoms with van der Waals surface area (Å²) in [5, 5.41) is 0. The van der Waals surface area contributed by atoms with Gasteiger partial charge in [0.05, 0.1) is 6.04 Å². The van der Waals surface area contributed by atoms with Crippen molar-refractivity contribution in [1.82, 2.24) is 0 Å². The van der Waals surface area contributed by atoms with Gasteiger partial charge in [-0.3, -0.25) is 0 Å². The van der Waals surface area contributed by atoms with Crippen molar-refractivity contribution in [3.63, 3.8) is 0 Å². The van der Waals surface area contributed by atoms with Gasteiger partial charge in [-0.1, -0.05) is 36.8 Å². The Balaban J connectivity index is 1.84. The quantitative estimate of drug-likeness (QED) is 0.764. The fraction of sp³-hybridized carbons (Fsp3) is 0.294. The van der Waals surface area contributed by atoms with Gasteiger partial charge < -0.3 is 5.73 Å². The van der Waals surface area contributed by atoms with Crippen molar-refractivity contribution in [3.05, 3.63) is 68.5 Å². The normalized spacial score (nSPS) is 16.8. The van der Waals surface area contributed by atoms with Crippen LogP contribution in [0.4, 0.5) is 4.39 Å². The largest absolute Gasteiger partial charge is 0.320 e. The maximum absolute atomic E-state index is 13.2. The third-order valence-corrected chi connectivity index (χ3v) is 5.10. The molecule has 1 nitrogen and oxygen atoms in total. The predicted octanol–water partition coefficient (Wildman–Crippen LogP) is 4.75. The number of hydrogen-bond acceptors (Lipinski definition) is 1. The standard InChI is InChI=1S/C17H17FIN/c18-14-8-9-15(16(19)10-14)17(20)13-6-4-12(5-7-13)11-2-1-3-11/h4-11,17H,1-3,20H2. The highest BCUT2D eigenvalue weighted by molar-refractivity contribution is 14.1. The lowest BCUT2D eigenvalue weighted by Gasteiger charge is -2.26. The van der Waals surface area contributed by atoms with Gasteiger partial charge in [0.25, 0.3) is 0 Å². The molecule has 0 spiro atoms. The molecular weight excluding hydrogens is 364 g/mol. The zero-order chi connectivity index (χ0) is 14.1. The number of benzene rings is 2. The van der Waals surface area contributed by atoms with Gasteiger partial charge in [0, 0.05) is 3.57 Å². The number of rotatable bonds is 3. The maximum atomic E-state index is 13.2. The van der Waals surface area contributed by atoms with Crippen molar-refractivity contribution in [1.29, 1.82) is 0 Å². The summed E-state index contributed by atoms with van der Waals surface area (Å²) in [6.45, 7) is 0. The zero-order valence-corrected chi connectivity index (χ0v) is 13.3. The molecule has 0 amide bonds. The fourth-order valence-electron chi connectivity index (χ4n) is 2.65. The SMILES string of the molecule is NC(c1ccc(C2CCC2)cc1)c1ccc(F)cc1I. The van der Waals surface area contributed by atoms with E-state index in [0.29, 0.717) is 0 Å². The van der Waals surface area contributed by atoms with Gasteiger partial charge in [0.15, 0.2) is 0 Å². The molecule has 2 N–H and O–H groups in total. The second-order valence-corrected chi connectivity index (χ2v) is 6.60. The molecule has 1 fully saturated rings. The third-order valence-electron chi connectivity index (χ3n) is 4.17. The molecule has 0 aliphatic heterocycles. The molecule has 0 heterocycles. The van der Waals surface area contributed by atoms with Crippen LogP contribution in [0.25, 0.3) is 0 Å². The first-order valence-corrected chi connectivity index (χ1v) is 8.03. The van der Waals surface area contributed by atoms with Crippen LogP contribution in [-0.4, -0.2) is 0 Å². The van der Waals surface area contributed by atoms with Gasteiger partial charge in [-0.2, -0.15) is 0 Å². The molecular formula is C17H17FIN. The van der Waals surface area contributed by atoms with E-state index >= 15 is 0 Å². The minimum absolute atomic E-state index is 0.196. The Bertz CT molecular complexity index is 605. The highest BCUT2D eigenvalue weighted by atomic mass is 127.